The Kier molecular flexibility index (Phi) is 4.33. The van der Waals surface area contributed by atoms with E-state index in [4.69, 9.17) is 11.6 Å². The maximum Gasteiger partial charge on any atom is 0.0886 e. The molecule has 1 aromatic carbocycles. The number of aryl methyl sites for hydroxylation is 1. The highest BCUT2D eigenvalue weighted by Gasteiger charge is 2.08. The van der Waals surface area contributed by atoms with Crippen LogP contribution in [0.25, 0.3) is 11.3 Å². The third-order valence-corrected chi connectivity index (χ3v) is 3.12. The van der Waals surface area contributed by atoms with Crippen molar-refractivity contribution in [3.8, 4) is 11.3 Å². The lowest BCUT2D eigenvalue weighted by Gasteiger charge is -2.08. The van der Waals surface area contributed by atoms with E-state index in [9.17, 15) is 0 Å². The van der Waals surface area contributed by atoms with Crippen molar-refractivity contribution in [2.45, 2.75) is 26.4 Å². The van der Waals surface area contributed by atoms with Crippen LogP contribution in [-0.2, 0) is 13.1 Å². The molecule has 2 rings (SSSR count). The predicted octanol–water partition coefficient (Wildman–Crippen LogP) is 2.73. The Labute approximate surface area is 112 Å². The number of hydrogen-bond donors (Lipinski definition) is 1. The molecule has 0 spiro atoms. The van der Waals surface area contributed by atoms with E-state index in [0.29, 0.717) is 0 Å². The van der Waals surface area contributed by atoms with E-state index in [2.05, 4.69) is 28.6 Å². The van der Waals surface area contributed by atoms with Gasteiger partial charge in [-0.25, -0.2) is 4.68 Å². The average Bonchev–Trinajstić information content (AvgIpc) is 2.81. The van der Waals surface area contributed by atoms with Gasteiger partial charge in [-0.1, -0.05) is 35.9 Å². The normalized spacial score (nSPS) is 10.8. The average molecular weight is 265 g/mol. The van der Waals surface area contributed by atoms with Crippen molar-refractivity contribution in [1.29, 1.82) is 0 Å². The number of halogens is 1. The molecule has 0 amide bonds. The van der Waals surface area contributed by atoms with Gasteiger partial charge < -0.3 is 5.32 Å². The third kappa shape index (κ3) is 2.71. The molecular weight excluding hydrogens is 248 g/mol. The first-order chi connectivity index (χ1) is 8.76. The fourth-order valence-electron chi connectivity index (χ4n) is 1.90. The predicted molar refractivity (Wildman–Crippen MR) is 73.5 cm³/mol. The highest BCUT2D eigenvalue weighted by molar-refractivity contribution is 6.31. The molecule has 0 unspecified atom stereocenters. The lowest BCUT2D eigenvalue weighted by atomic mass is 10.1. The van der Waals surface area contributed by atoms with Gasteiger partial charge in [0.1, 0.15) is 0 Å². The van der Waals surface area contributed by atoms with Gasteiger partial charge in [-0.3, -0.25) is 0 Å². The number of hydrogen-bond acceptors (Lipinski definition) is 3. The summed E-state index contributed by atoms with van der Waals surface area (Å²) in [6.07, 6.45) is 2.81. The van der Waals surface area contributed by atoms with Crippen LogP contribution in [-0.4, -0.2) is 22.0 Å². The van der Waals surface area contributed by atoms with E-state index in [1.54, 1.807) is 6.20 Å². The first kappa shape index (κ1) is 13.1. The number of aromatic nitrogens is 3. The lowest BCUT2D eigenvalue weighted by Crippen LogP contribution is -2.06. The van der Waals surface area contributed by atoms with Gasteiger partial charge in [-0.05, 0) is 25.1 Å². The number of rotatable bonds is 5. The van der Waals surface area contributed by atoms with E-state index in [0.717, 1.165) is 41.4 Å². The monoisotopic (exact) mass is 264 g/mol. The molecule has 0 radical (unpaired) electrons. The molecule has 1 N–H and O–H groups in total. The van der Waals surface area contributed by atoms with Gasteiger partial charge in [0.05, 0.1) is 11.9 Å². The summed E-state index contributed by atoms with van der Waals surface area (Å²) in [7, 11) is 1.91. The minimum Gasteiger partial charge on any atom is -0.316 e. The second-order valence-corrected chi connectivity index (χ2v) is 4.59. The summed E-state index contributed by atoms with van der Waals surface area (Å²) in [5, 5.41) is 11.9. The van der Waals surface area contributed by atoms with Gasteiger partial charge in [-0.2, -0.15) is 0 Å². The summed E-state index contributed by atoms with van der Waals surface area (Å²) < 4.78 is 1.91. The van der Waals surface area contributed by atoms with Crippen LogP contribution in [0.4, 0.5) is 0 Å². The zero-order valence-electron chi connectivity index (χ0n) is 10.7. The van der Waals surface area contributed by atoms with Gasteiger partial charge in [0.15, 0.2) is 0 Å². The van der Waals surface area contributed by atoms with Crippen LogP contribution in [0.1, 0.15) is 18.9 Å². The Bertz CT molecular complexity index is 521. The highest BCUT2D eigenvalue weighted by atomic mass is 35.5. The Morgan fingerprint density at radius 3 is 2.89 bits per heavy atom. The molecule has 0 aliphatic heterocycles. The minimum atomic E-state index is 0.769. The lowest BCUT2D eigenvalue weighted by molar-refractivity contribution is 0.584. The van der Waals surface area contributed by atoms with Crippen LogP contribution in [0.3, 0.4) is 0 Å². The van der Waals surface area contributed by atoms with Crippen molar-refractivity contribution in [3.05, 3.63) is 35.0 Å². The van der Waals surface area contributed by atoms with E-state index in [1.807, 2.05) is 23.9 Å². The number of nitrogens with zero attached hydrogens (tertiary/aromatic N) is 3. The Morgan fingerprint density at radius 2 is 2.22 bits per heavy atom. The smallest absolute Gasteiger partial charge is 0.0886 e. The fraction of sp³-hybridized carbons (Fsp3) is 0.385. The van der Waals surface area contributed by atoms with E-state index in [1.165, 1.54) is 0 Å². The third-order valence-electron chi connectivity index (χ3n) is 2.77. The topological polar surface area (TPSA) is 42.7 Å². The summed E-state index contributed by atoms with van der Waals surface area (Å²) in [6, 6.07) is 6.07. The number of nitrogens with one attached hydrogen (secondary N) is 1. The summed E-state index contributed by atoms with van der Waals surface area (Å²) in [5.74, 6) is 0. The molecule has 0 saturated heterocycles. The van der Waals surface area contributed by atoms with Gasteiger partial charge in [0.25, 0.3) is 0 Å². The molecule has 0 atom stereocenters. The molecule has 0 saturated carbocycles. The minimum absolute atomic E-state index is 0.769. The Balaban J connectivity index is 2.33. The van der Waals surface area contributed by atoms with Gasteiger partial charge in [0.2, 0.25) is 0 Å². The highest BCUT2D eigenvalue weighted by Crippen LogP contribution is 2.25. The van der Waals surface area contributed by atoms with Crippen LogP contribution >= 0.6 is 11.6 Å². The van der Waals surface area contributed by atoms with Crippen LogP contribution < -0.4 is 5.32 Å². The number of benzene rings is 1. The Morgan fingerprint density at radius 1 is 1.39 bits per heavy atom. The van der Waals surface area contributed by atoms with Crippen molar-refractivity contribution in [3.63, 3.8) is 0 Å². The molecule has 1 heterocycles. The zero-order valence-corrected chi connectivity index (χ0v) is 11.4. The first-order valence-electron chi connectivity index (χ1n) is 6.08. The largest absolute Gasteiger partial charge is 0.316 e. The van der Waals surface area contributed by atoms with Gasteiger partial charge in [-0.15, -0.1) is 5.10 Å². The van der Waals surface area contributed by atoms with Crippen molar-refractivity contribution in [2.24, 2.45) is 0 Å². The van der Waals surface area contributed by atoms with Crippen LogP contribution in [0.15, 0.2) is 24.4 Å². The Hall–Kier alpha value is -1.39. The van der Waals surface area contributed by atoms with E-state index in [-0.39, 0.29) is 0 Å². The van der Waals surface area contributed by atoms with E-state index < -0.39 is 0 Å². The summed E-state index contributed by atoms with van der Waals surface area (Å²) in [5.41, 5.74) is 3.16. The van der Waals surface area contributed by atoms with Gasteiger partial charge >= 0.3 is 0 Å². The molecule has 0 aliphatic rings. The SMILES string of the molecule is CCCn1nncc1-c1ccc(CNC)c(Cl)c1. The fourth-order valence-corrected chi connectivity index (χ4v) is 2.15. The van der Waals surface area contributed by atoms with Crippen LogP contribution in [0.2, 0.25) is 5.02 Å². The van der Waals surface area contributed by atoms with E-state index >= 15 is 0 Å². The molecule has 0 fully saturated rings. The van der Waals surface area contributed by atoms with Crippen molar-refractivity contribution in [1.82, 2.24) is 20.3 Å². The van der Waals surface area contributed by atoms with Crippen molar-refractivity contribution in [2.75, 3.05) is 7.05 Å². The zero-order chi connectivity index (χ0) is 13.0. The summed E-state index contributed by atoms with van der Waals surface area (Å²) in [4.78, 5) is 0. The molecule has 18 heavy (non-hydrogen) atoms. The first-order valence-corrected chi connectivity index (χ1v) is 6.46. The molecule has 2 aromatic rings. The van der Waals surface area contributed by atoms with Gasteiger partial charge in [0, 0.05) is 23.7 Å². The molecule has 0 aliphatic carbocycles. The second kappa shape index (κ2) is 5.98. The molecule has 5 heteroatoms. The maximum atomic E-state index is 6.26. The summed E-state index contributed by atoms with van der Waals surface area (Å²) >= 11 is 6.26. The molecule has 1 aromatic heterocycles. The second-order valence-electron chi connectivity index (χ2n) is 4.18. The van der Waals surface area contributed by atoms with Crippen LogP contribution in [0, 0.1) is 0 Å². The molecule has 96 valence electrons. The van der Waals surface area contributed by atoms with Crippen molar-refractivity contribution < 1.29 is 0 Å². The van der Waals surface area contributed by atoms with Crippen LogP contribution in [0.5, 0.6) is 0 Å². The maximum absolute atomic E-state index is 6.26. The quantitative estimate of drug-likeness (QED) is 0.903. The van der Waals surface area contributed by atoms with Crippen molar-refractivity contribution >= 4 is 11.6 Å². The molecule has 4 nitrogen and oxygen atoms in total. The summed E-state index contributed by atoms with van der Waals surface area (Å²) in [6.45, 7) is 3.76. The molecular formula is C13H17ClN4. The standard InChI is InChI=1S/C13H17ClN4/c1-3-6-18-13(9-16-17-18)10-4-5-11(8-15-2)12(14)7-10/h4-5,7,9,15H,3,6,8H2,1-2H3. The molecule has 0 bridgehead atoms.